The molecule has 0 bridgehead atoms. The highest BCUT2D eigenvalue weighted by Crippen LogP contribution is 2.29. The second kappa shape index (κ2) is 5.30. The van der Waals surface area contributed by atoms with Crippen LogP contribution in [0.5, 0.6) is 0 Å². The van der Waals surface area contributed by atoms with E-state index in [0.29, 0.717) is 5.92 Å². The summed E-state index contributed by atoms with van der Waals surface area (Å²) >= 11 is 3.52. The maximum atomic E-state index is 6.31. The zero-order valence-corrected chi connectivity index (χ0v) is 11.2. The number of nitrogens with two attached hydrogens (primary N) is 1. The van der Waals surface area contributed by atoms with Crippen molar-refractivity contribution in [2.24, 2.45) is 11.7 Å². The Morgan fingerprint density at radius 1 is 1.44 bits per heavy atom. The fourth-order valence-corrected chi connectivity index (χ4v) is 2.90. The topological polar surface area (TPSA) is 35.2 Å². The average molecular weight is 284 g/mol. The molecule has 0 radical (unpaired) electrons. The molecular formula is C13H18BrNO. The van der Waals surface area contributed by atoms with Gasteiger partial charge in [-0.25, -0.2) is 0 Å². The van der Waals surface area contributed by atoms with Gasteiger partial charge in [0.15, 0.2) is 0 Å². The molecule has 2 rings (SSSR count). The summed E-state index contributed by atoms with van der Waals surface area (Å²) in [7, 11) is 0. The smallest absolute Gasteiger partial charge is 0.0512 e. The average Bonchev–Trinajstić information content (AvgIpc) is 2.28. The summed E-state index contributed by atoms with van der Waals surface area (Å²) in [5.74, 6) is 0.461. The first-order valence-corrected chi connectivity index (χ1v) is 6.56. The predicted molar refractivity (Wildman–Crippen MR) is 69.4 cm³/mol. The maximum absolute atomic E-state index is 6.31. The monoisotopic (exact) mass is 283 g/mol. The molecule has 1 fully saturated rings. The number of aryl methyl sites for hydroxylation is 1. The third-order valence-corrected chi connectivity index (χ3v) is 3.61. The Balaban J connectivity index is 2.15. The van der Waals surface area contributed by atoms with Gasteiger partial charge in [-0.3, -0.25) is 0 Å². The summed E-state index contributed by atoms with van der Waals surface area (Å²) in [6.07, 6.45) is 2.30. The van der Waals surface area contributed by atoms with E-state index < -0.39 is 0 Å². The Hall–Kier alpha value is -0.380. The Kier molecular flexibility index (Phi) is 4.00. The number of ether oxygens (including phenoxy) is 1. The lowest BCUT2D eigenvalue weighted by molar-refractivity contribution is 0.0447. The molecule has 0 spiro atoms. The van der Waals surface area contributed by atoms with Crippen molar-refractivity contribution in [3.05, 3.63) is 33.8 Å². The summed E-state index contributed by atoms with van der Waals surface area (Å²) in [4.78, 5) is 0. The minimum Gasteiger partial charge on any atom is -0.381 e. The van der Waals surface area contributed by atoms with E-state index in [1.807, 2.05) is 0 Å². The van der Waals surface area contributed by atoms with Crippen LogP contribution in [0.1, 0.15) is 30.0 Å². The van der Waals surface area contributed by atoms with Gasteiger partial charge in [0.25, 0.3) is 0 Å². The lowest BCUT2D eigenvalue weighted by Crippen LogP contribution is -2.29. The first-order valence-electron chi connectivity index (χ1n) is 5.77. The second-order valence-corrected chi connectivity index (χ2v) is 5.48. The van der Waals surface area contributed by atoms with Crippen LogP contribution in [0.2, 0.25) is 0 Å². The number of halogens is 1. The van der Waals surface area contributed by atoms with Crippen LogP contribution in [0.15, 0.2) is 22.7 Å². The van der Waals surface area contributed by atoms with E-state index in [-0.39, 0.29) is 6.04 Å². The Labute approximate surface area is 105 Å². The molecule has 2 N–H and O–H groups in total. The van der Waals surface area contributed by atoms with E-state index in [2.05, 4.69) is 41.1 Å². The Morgan fingerprint density at radius 3 is 2.88 bits per heavy atom. The van der Waals surface area contributed by atoms with Crippen LogP contribution in [0, 0.1) is 12.8 Å². The van der Waals surface area contributed by atoms with Crippen molar-refractivity contribution in [2.75, 3.05) is 13.2 Å². The summed E-state index contributed by atoms with van der Waals surface area (Å²) in [6, 6.07) is 6.49. The lowest BCUT2D eigenvalue weighted by Gasteiger charge is -2.28. The SMILES string of the molecule is Cc1cc(Br)cc(C(N)C2CCCOC2)c1. The van der Waals surface area contributed by atoms with Crippen LogP contribution in [0.3, 0.4) is 0 Å². The molecule has 2 atom stereocenters. The Bertz CT molecular complexity index is 341. The molecule has 0 amide bonds. The molecule has 1 aromatic carbocycles. The number of hydrogen-bond donors (Lipinski definition) is 1. The van der Waals surface area contributed by atoms with Gasteiger partial charge in [-0.05, 0) is 43.0 Å². The molecule has 1 aliphatic heterocycles. The number of rotatable bonds is 2. The minimum absolute atomic E-state index is 0.0940. The van der Waals surface area contributed by atoms with Crippen LogP contribution < -0.4 is 5.73 Å². The summed E-state index contributed by atoms with van der Waals surface area (Å²) in [5.41, 5.74) is 8.76. The van der Waals surface area contributed by atoms with Crippen molar-refractivity contribution in [1.82, 2.24) is 0 Å². The van der Waals surface area contributed by atoms with Crippen molar-refractivity contribution >= 4 is 15.9 Å². The molecule has 2 unspecified atom stereocenters. The minimum atomic E-state index is 0.0940. The fourth-order valence-electron chi connectivity index (χ4n) is 2.28. The Morgan fingerprint density at radius 2 is 2.25 bits per heavy atom. The highest BCUT2D eigenvalue weighted by atomic mass is 79.9. The first-order chi connectivity index (χ1) is 7.66. The molecule has 1 aromatic rings. The lowest BCUT2D eigenvalue weighted by atomic mass is 9.89. The van der Waals surface area contributed by atoms with E-state index in [1.165, 1.54) is 17.5 Å². The largest absolute Gasteiger partial charge is 0.381 e. The highest BCUT2D eigenvalue weighted by molar-refractivity contribution is 9.10. The molecule has 88 valence electrons. The molecule has 1 heterocycles. The number of benzene rings is 1. The normalized spacial score (nSPS) is 23.1. The van der Waals surface area contributed by atoms with Gasteiger partial charge in [-0.2, -0.15) is 0 Å². The van der Waals surface area contributed by atoms with Gasteiger partial charge < -0.3 is 10.5 Å². The van der Waals surface area contributed by atoms with Gasteiger partial charge in [0, 0.05) is 23.0 Å². The third kappa shape index (κ3) is 2.84. The standard InChI is InChI=1S/C13H18BrNO/c1-9-5-11(7-12(14)6-9)13(15)10-3-2-4-16-8-10/h5-7,10,13H,2-4,8,15H2,1H3. The number of hydrogen-bond acceptors (Lipinski definition) is 2. The van der Waals surface area contributed by atoms with E-state index in [9.17, 15) is 0 Å². The predicted octanol–water partition coefficient (Wildman–Crippen LogP) is 3.18. The molecular weight excluding hydrogens is 266 g/mol. The summed E-state index contributed by atoms with van der Waals surface area (Å²) in [6.45, 7) is 3.78. The van der Waals surface area contributed by atoms with Crippen LogP contribution >= 0.6 is 15.9 Å². The van der Waals surface area contributed by atoms with Crippen molar-refractivity contribution in [2.45, 2.75) is 25.8 Å². The molecule has 16 heavy (non-hydrogen) atoms. The highest BCUT2D eigenvalue weighted by Gasteiger charge is 2.22. The van der Waals surface area contributed by atoms with Gasteiger partial charge in [0.1, 0.15) is 0 Å². The molecule has 1 saturated heterocycles. The maximum Gasteiger partial charge on any atom is 0.0512 e. The summed E-state index contributed by atoms with van der Waals surface area (Å²) in [5, 5.41) is 0. The van der Waals surface area contributed by atoms with Crippen molar-refractivity contribution in [3.63, 3.8) is 0 Å². The van der Waals surface area contributed by atoms with Gasteiger partial charge in [0.2, 0.25) is 0 Å². The van der Waals surface area contributed by atoms with E-state index >= 15 is 0 Å². The van der Waals surface area contributed by atoms with E-state index in [1.54, 1.807) is 0 Å². The molecule has 1 aliphatic rings. The van der Waals surface area contributed by atoms with Crippen molar-refractivity contribution in [3.8, 4) is 0 Å². The molecule has 2 nitrogen and oxygen atoms in total. The molecule has 0 saturated carbocycles. The quantitative estimate of drug-likeness (QED) is 0.905. The van der Waals surface area contributed by atoms with Crippen LogP contribution in [0.4, 0.5) is 0 Å². The molecule has 0 aliphatic carbocycles. The molecule has 0 aromatic heterocycles. The fraction of sp³-hybridized carbons (Fsp3) is 0.538. The van der Waals surface area contributed by atoms with Gasteiger partial charge in [-0.15, -0.1) is 0 Å². The van der Waals surface area contributed by atoms with E-state index in [4.69, 9.17) is 10.5 Å². The first kappa shape index (κ1) is 12.1. The zero-order valence-electron chi connectivity index (χ0n) is 9.58. The zero-order chi connectivity index (χ0) is 11.5. The van der Waals surface area contributed by atoms with E-state index in [0.717, 1.165) is 24.1 Å². The van der Waals surface area contributed by atoms with Crippen LogP contribution in [-0.2, 0) is 4.74 Å². The second-order valence-electron chi connectivity index (χ2n) is 4.56. The molecule has 3 heteroatoms. The van der Waals surface area contributed by atoms with Gasteiger partial charge in [0.05, 0.1) is 6.61 Å². The van der Waals surface area contributed by atoms with Crippen LogP contribution in [-0.4, -0.2) is 13.2 Å². The summed E-state index contributed by atoms with van der Waals surface area (Å²) < 4.78 is 6.60. The van der Waals surface area contributed by atoms with Crippen LogP contribution in [0.25, 0.3) is 0 Å². The van der Waals surface area contributed by atoms with Gasteiger partial charge in [-0.1, -0.05) is 22.0 Å². The van der Waals surface area contributed by atoms with Crippen molar-refractivity contribution < 1.29 is 4.74 Å². The van der Waals surface area contributed by atoms with Crippen molar-refractivity contribution in [1.29, 1.82) is 0 Å². The van der Waals surface area contributed by atoms with Gasteiger partial charge >= 0.3 is 0 Å². The third-order valence-electron chi connectivity index (χ3n) is 3.15.